The quantitative estimate of drug-likeness (QED) is 0.507. The van der Waals surface area contributed by atoms with E-state index in [-0.39, 0.29) is 5.69 Å². The van der Waals surface area contributed by atoms with Crippen LogP contribution in [0.2, 0.25) is 0 Å². The van der Waals surface area contributed by atoms with E-state index in [1.165, 1.54) is 0 Å². The average Bonchev–Trinajstić information content (AvgIpc) is 2.61. The molecule has 11 nitrogen and oxygen atoms in total. The molecule has 0 unspecified atom stereocenters. The Kier molecular flexibility index (Phi) is 5.88. The fourth-order valence-corrected chi connectivity index (χ4v) is 1.98. The Balaban J connectivity index is 2.00. The van der Waals surface area contributed by atoms with E-state index in [0.29, 0.717) is 18.0 Å². The molecule has 0 saturated heterocycles. The number of carbonyl (C=O) groups excluding carboxylic acids is 1. The number of hydrogen-bond donors (Lipinski definition) is 3. The van der Waals surface area contributed by atoms with E-state index in [2.05, 4.69) is 16.2 Å². The summed E-state index contributed by atoms with van der Waals surface area (Å²) in [6.07, 6.45) is 0. The summed E-state index contributed by atoms with van der Waals surface area (Å²) < 4.78 is 5.28. The minimum absolute atomic E-state index is 0.0950. The lowest BCUT2D eigenvalue weighted by Gasteiger charge is -2.10. The summed E-state index contributed by atoms with van der Waals surface area (Å²) in [7, 11) is 0. The minimum Gasteiger partial charge on any atom is -0.494 e. The fourth-order valence-electron chi connectivity index (χ4n) is 1.98. The number of non-ortho nitro benzene ring substituents is 1. The number of nitro groups is 2. The van der Waals surface area contributed by atoms with Crippen LogP contribution < -0.4 is 20.9 Å². The number of nitrogens with one attached hydrogen (secondary N) is 3. The van der Waals surface area contributed by atoms with Crippen molar-refractivity contribution in [3.8, 4) is 5.75 Å². The molecule has 0 aromatic heterocycles. The number of nitro benzene ring substituents is 2. The van der Waals surface area contributed by atoms with Crippen molar-refractivity contribution in [3.63, 3.8) is 0 Å². The maximum absolute atomic E-state index is 11.9. The van der Waals surface area contributed by atoms with Gasteiger partial charge in [0.15, 0.2) is 0 Å². The molecule has 0 aliphatic rings. The van der Waals surface area contributed by atoms with Gasteiger partial charge in [0.25, 0.3) is 5.69 Å². The molecule has 136 valence electrons. The molecule has 2 amide bonds. The second kappa shape index (κ2) is 8.28. The van der Waals surface area contributed by atoms with Crippen molar-refractivity contribution in [1.82, 2.24) is 5.43 Å². The van der Waals surface area contributed by atoms with Crippen LogP contribution in [-0.2, 0) is 0 Å². The molecular weight excluding hydrogens is 346 g/mol. The van der Waals surface area contributed by atoms with E-state index in [9.17, 15) is 25.0 Å². The van der Waals surface area contributed by atoms with Crippen molar-refractivity contribution in [2.24, 2.45) is 0 Å². The number of urea groups is 1. The van der Waals surface area contributed by atoms with Crippen molar-refractivity contribution in [1.29, 1.82) is 0 Å². The summed E-state index contributed by atoms with van der Waals surface area (Å²) in [6.45, 7) is 2.37. The summed E-state index contributed by atoms with van der Waals surface area (Å²) >= 11 is 0. The van der Waals surface area contributed by atoms with E-state index in [0.717, 1.165) is 18.2 Å². The number of benzene rings is 2. The third-order valence-electron chi connectivity index (χ3n) is 3.12. The zero-order valence-electron chi connectivity index (χ0n) is 13.6. The van der Waals surface area contributed by atoms with Crippen LogP contribution in [0.4, 0.5) is 27.5 Å². The van der Waals surface area contributed by atoms with Crippen molar-refractivity contribution in [2.75, 3.05) is 17.3 Å². The first-order valence-electron chi connectivity index (χ1n) is 7.39. The highest BCUT2D eigenvalue weighted by atomic mass is 16.6. The highest BCUT2D eigenvalue weighted by molar-refractivity contribution is 5.90. The molecule has 0 heterocycles. The summed E-state index contributed by atoms with van der Waals surface area (Å²) in [6, 6.07) is 8.93. The molecule has 0 aliphatic carbocycles. The predicted molar refractivity (Wildman–Crippen MR) is 93.1 cm³/mol. The van der Waals surface area contributed by atoms with Crippen LogP contribution in [0, 0.1) is 20.2 Å². The van der Waals surface area contributed by atoms with Crippen molar-refractivity contribution in [2.45, 2.75) is 6.92 Å². The molecule has 2 aromatic carbocycles. The number of amides is 2. The van der Waals surface area contributed by atoms with Gasteiger partial charge in [-0.2, -0.15) is 0 Å². The van der Waals surface area contributed by atoms with Crippen LogP contribution in [0.5, 0.6) is 5.75 Å². The lowest BCUT2D eigenvalue weighted by molar-refractivity contribution is -0.393. The number of rotatable bonds is 7. The molecule has 2 rings (SSSR count). The van der Waals surface area contributed by atoms with Gasteiger partial charge < -0.3 is 10.1 Å². The zero-order chi connectivity index (χ0) is 19.1. The third kappa shape index (κ3) is 4.80. The van der Waals surface area contributed by atoms with Gasteiger partial charge in [-0.3, -0.25) is 31.1 Å². The van der Waals surface area contributed by atoms with Gasteiger partial charge in [0, 0.05) is 11.8 Å². The van der Waals surface area contributed by atoms with Gasteiger partial charge in [0.1, 0.15) is 11.4 Å². The van der Waals surface area contributed by atoms with Crippen molar-refractivity contribution in [3.05, 3.63) is 62.7 Å². The summed E-state index contributed by atoms with van der Waals surface area (Å²) in [5.41, 5.74) is 4.00. The first kappa shape index (κ1) is 18.4. The first-order valence-corrected chi connectivity index (χ1v) is 7.39. The SMILES string of the molecule is CCOc1ccc(NC(=O)NNc2ccc([N+](=O)[O-])cc2[N+](=O)[O-])cc1. The lowest BCUT2D eigenvalue weighted by atomic mass is 10.2. The van der Waals surface area contributed by atoms with Crippen LogP contribution in [0.1, 0.15) is 6.92 Å². The number of hydrogen-bond acceptors (Lipinski definition) is 7. The molecular formula is C15H15N5O6. The first-order chi connectivity index (χ1) is 12.4. The Bertz CT molecular complexity index is 824. The highest BCUT2D eigenvalue weighted by Gasteiger charge is 2.19. The van der Waals surface area contributed by atoms with Gasteiger partial charge >= 0.3 is 11.7 Å². The highest BCUT2D eigenvalue weighted by Crippen LogP contribution is 2.28. The van der Waals surface area contributed by atoms with Gasteiger partial charge in [-0.15, -0.1) is 0 Å². The maximum atomic E-state index is 11.9. The Morgan fingerprint density at radius 3 is 2.35 bits per heavy atom. The lowest BCUT2D eigenvalue weighted by Crippen LogP contribution is -2.33. The van der Waals surface area contributed by atoms with Gasteiger partial charge in [0.2, 0.25) is 0 Å². The Labute approximate surface area is 147 Å². The summed E-state index contributed by atoms with van der Waals surface area (Å²) in [5.74, 6) is 0.651. The molecule has 0 saturated carbocycles. The van der Waals surface area contributed by atoms with Crippen LogP contribution in [0.25, 0.3) is 0 Å². The number of anilines is 2. The molecule has 0 spiro atoms. The van der Waals surface area contributed by atoms with E-state index >= 15 is 0 Å². The van der Waals surface area contributed by atoms with E-state index in [1.807, 2.05) is 6.92 Å². The van der Waals surface area contributed by atoms with Crippen LogP contribution >= 0.6 is 0 Å². The smallest absolute Gasteiger partial charge is 0.337 e. The van der Waals surface area contributed by atoms with Crippen molar-refractivity contribution < 1.29 is 19.4 Å². The van der Waals surface area contributed by atoms with E-state index in [1.54, 1.807) is 24.3 Å². The third-order valence-corrected chi connectivity index (χ3v) is 3.12. The normalized spacial score (nSPS) is 9.88. The maximum Gasteiger partial charge on any atom is 0.337 e. The fraction of sp³-hybridized carbons (Fsp3) is 0.133. The number of hydrazine groups is 1. The van der Waals surface area contributed by atoms with Gasteiger partial charge in [0.05, 0.1) is 22.5 Å². The molecule has 26 heavy (non-hydrogen) atoms. The number of ether oxygens (including phenoxy) is 1. The average molecular weight is 361 g/mol. The van der Waals surface area contributed by atoms with Gasteiger partial charge in [-0.1, -0.05) is 0 Å². The largest absolute Gasteiger partial charge is 0.494 e. The summed E-state index contributed by atoms with van der Waals surface area (Å²) in [4.78, 5) is 32.0. The van der Waals surface area contributed by atoms with Crippen LogP contribution in [0.3, 0.4) is 0 Å². The topological polar surface area (TPSA) is 149 Å². The number of carbonyl (C=O) groups is 1. The predicted octanol–water partition coefficient (Wildman–Crippen LogP) is 3.05. The molecule has 0 fully saturated rings. The monoisotopic (exact) mass is 361 g/mol. The van der Waals surface area contributed by atoms with E-state index in [4.69, 9.17) is 4.74 Å². The van der Waals surface area contributed by atoms with Crippen LogP contribution in [0.15, 0.2) is 42.5 Å². The standard InChI is InChI=1S/C15H15N5O6/c1-2-26-12-6-3-10(4-7-12)16-15(21)18-17-13-8-5-11(19(22)23)9-14(13)20(24)25/h3-9,17H,2H2,1H3,(H2,16,18,21). The molecule has 0 atom stereocenters. The Morgan fingerprint density at radius 1 is 1.08 bits per heavy atom. The Hall–Kier alpha value is -3.89. The molecule has 0 radical (unpaired) electrons. The van der Waals surface area contributed by atoms with Crippen LogP contribution in [-0.4, -0.2) is 22.5 Å². The molecule has 11 heteroatoms. The summed E-state index contributed by atoms with van der Waals surface area (Å²) in [5, 5.41) is 24.2. The van der Waals surface area contributed by atoms with Gasteiger partial charge in [-0.25, -0.2) is 4.79 Å². The second-order valence-electron chi connectivity index (χ2n) is 4.88. The van der Waals surface area contributed by atoms with E-state index < -0.39 is 27.3 Å². The molecule has 0 bridgehead atoms. The van der Waals surface area contributed by atoms with Crippen molar-refractivity contribution >= 4 is 28.8 Å². The van der Waals surface area contributed by atoms with Gasteiger partial charge in [-0.05, 0) is 37.3 Å². The minimum atomic E-state index is -0.790. The zero-order valence-corrected chi connectivity index (χ0v) is 13.6. The Morgan fingerprint density at radius 2 is 1.77 bits per heavy atom. The molecule has 0 aliphatic heterocycles. The second-order valence-corrected chi connectivity index (χ2v) is 4.88. The molecule has 3 N–H and O–H groups in total. The number of nitrogens with zero attached hydrogens (tertiary/aromatic N) is 2. The molecule has 2 aromatic rings.